The molecule has 6 heteroatoms. The highest BCUT2D eigenvalue weighted by atomic mass is 35.5. The van der Waals surface area contributed by atoms with Gasteiger partial charge in [-0.3, -0.25) is 0 Å². The zero-order valence-electron chi connectivity index (χ0n) is 10.0. The van der Waals surface area contributed by atoms with Crippen LogP contribution in [0.5, 0.6) is 0 Å². The Morgan fingerprint density at radius 3 is 2.83 bits per heavy atom. The smallest absolute Gasteiger partial charge is 0.146 e. The molecule has 0 amide bonds. The van der Waals surface area contributed by atoms with Gasteiger partial charge in [-0.05, 0) is 31.2 Å². The van der Waals surface area contributed by atoms with Crippen LogP contribution in [-0.2, 0) is 6.54 Å². The van der Waals surface area contributed by atoms with Crippen LogP contribution in [-0.4, -0.2) is 21.3 Å². The zero-order valence-corrected chi connectivity index (χ0v) is 11.5. The molecule has 0 aliphatic rings. The minimum atomic E-state index is 0.511. The lowest BCUT2D eigenvalue weighted by molar-refractivity contribution is 0.633. The van der Waals surface area contributed by atoms with E-state index in [1.165, 1.54) is 6.33 Å². The topological polar surface area (TPSA) is 42.7 Å². The van der Waals surface area contributed by atoms with Crippen LogP contribution in [0, 0.1) is 0 Å². The molecule has 0 aliphatic heterocycles. The first-order valence-corrected chi connectivity index (χ1v) is 6.53. The van der Waals surface area contributed by atoms with E-state index in [9.17, 15) is 0 Å². The van der Waals surface area contributed by atoms with Gasteiger partial charge >= 0.3 is 0 Å². The van der Waals surface area contributed by atoms with Gasteiger partial charge in [0.25, 0.3) is 0 Å². The Hall–Kier alpha value is -1.10. The molecule has 0 unspecified atom stereocenters. The molecule has 0 saturated heterocycles. The lowest BCUT2D eigenvalue weighted by Crippen LogP contribution is -2.17. The Kier molecular flexibility index (Phi) is 4.58. The van der Waals surface area contributed by atoms with Gasteiger partial charge in [0.2, 0.25) is 0 Å². The summed E-state index contributed by atoms with van der Waals surface area (Å²) in [4.78, 5) is 4.23. The average molecular weight is 285 g/mol. The third-order valence-corrected chi connectivity index (χ3v) is 3.22. The number of nitrogens with zero attached hydrogens (tertiary/aromatic N) is 3. The van der Waals surface area contributed by atoms with Crippen molar-refractivity contribution in [1.82, 2.24) is 20.1 Å². The maximum atomic E-state index is 6.00. The Balaban J connectivity index is 2.22. The molecule has 1 N–H and O–H groups in total. The predicted octanol–water partition coefficient (Wildman–Crippen LogP) is 3.07. The largest absolute Gasteiger partial charge is 0.310 e. The molecule has 0 radical (unpaired) electrons. The van der Waals surface area contributed by atoms with Gasteiger partial charge < -0.3 is 5.32 Å². The Morgan fingerprint density at radius 1 is 1.28 bits per heavy atom. The van der Waals surface area contributed by atoms with Gasteiger partial charge in [0.15, 0.2) is 0 Å². The number of hydrogen-bond acceptors (Lipinski definition) is 3. The van der Waals surface area contributed by atoms with Crippen LogP contribution >= 0.6 is 23.2 Å². The van der Waals surface area contributed by atoms with Crippen LogP contribution < -0.4 is 5.32 Å². The number of nitrogens with one attached hydrogen (secondary N) is 1. The van der Waals surface area contributed by atoms with E-state index in [4.69, 9.17) is 23.2 Å². The van der Waals surface area contributed by atoms with Crippen LogP contribution in [0.1, 0.15) is 19.2 Å². The summed E-state index contributed by atoms with van der Waals surface area (Å²) < 4.78 is 1.75. The average Bonchev–Trinajstić information content (AvgIpc) is 2.81. The predicted molar refractivity (Wildman–Crippen MR) is 73.4 cm³/mol. The molecule has 0 fully saturated rings. The van der Waals surface area contributed by atoms with Gasteiger partial charge in [0, 0.05) is 0 Å². The fourth-order valence-corrected chi connectivity index (χ4v) is 1.89. The summed E-state index contributed by atoms with van der Waals surface area (Å²) in [5.41, 5.74) is 0.857. The van der Waals surface area contributed by atoms with Crippen molar-refractivity contribution < 1.29 is 0 Å². The van der Waals surface area contributed by atoms with Crippen molar-refractivity contribution in [2.75, 3.05) is 6.54 Å². The fraction of sp³-hybridized carbons (Fsp3) is 0.333. The third-order valence-electron chi connectivity index (χ3n) is 2.48. The first kappa shape index (κ1) is 13.3. The first-order chi connectivity index (χ1) is 8.72. The van der Waals surface area contributed by atoms with Crippen LogP contribution in [0.25, 0.3) is 5.69 Å². The molecule has 4 nitrogen and oxygen atoms in total. The van der Waals surface area contributed by atoms with Crippen molar-refractivity contribution >= 4 is 23.2 Å². The van der Waals surface area contributed by atoms with E-state index in [-0.39, 0.29) is 0 Å². The lowest BCUT2D eigenvalue weighted by atomic mass is 10.3. The van der Waals surface area contributed by atoms with Gasteiger partial charge in [-0.1, -0.05) is 30.1 Å². The molecule has 0 saturated carbocycles. The summed E-state index contributed by atoms with van der Waals surface area (Å²) in [6.07, 6.45) is 2.62. The van der Waals surface area contributed by atoms with Crippen LogP contribution in [0.2, 0.25) is 10.0 Å². The SMILES string of the molecule is CCCNCc1ncnn1-c1ccc(Cl)c(Cl)c1. The summed E-state index contributed by atoms with van der Waals surface area (Å²) >= 11 is 11.9. The number of aromatic nitrogens is 3. The summed E-state index contributed by atoms with van der Waals surface area (Å²) in [6, 6.07) is 5.40. The summed E-state index contributed by atoms with van der Waals surface area (Å²) in [5.74, 6) is 0.849. The summed E-state index contributed by atoms with van der Waals surface area (Å²) in [7, 11) is 0. The number of hydrogen-bond donors (Lipinski definition) is 1. The first-order valence-electron chi connectivity index (χ1n) is 5.77. The minimum absolute atomic E-state index is 0.511. The standard InChI is InChI=1S/C12H14Cl2N4/c1-2-5-15-7-12-16-8-17-18(12)9-3-4-10(13)11(14)6-9/h3-4,6,8,15H,2,5,7H2,1H3. The molecule has 1 heterocycles. The summed E-state index contributed by atoms with van der Waals surface area (Å²) in [5, 5.41) is 8.54. The molecular weight excluding hydrogens is 271 g/mol. The second-order valence-electron chi connectivity index (χ2n) is 3.86. The monoisotopic (exact) mass is 284 g/mol. The van der Waals surface area contributed by atoms with Crippen LogP contribution in [0.15, 0.2) is 24.5 Å². The van der Waals surface area contributed by atoms with E-state index in [0.29, 0.717) is 16.6 Å². The van der Waals surface area contributed by atoms with Crippen molar-refractivity contribution in [3.8, 4) is 5.69 Å². The Bertz CT molecular complexity index is 525. The van der Waals surface area contributed by atoms with Gasteiger partial charge in [-0.2, -0.15) is 5.10 Å². The van der Waals surface area contributed by atoms with Crippen molar-refractivity contribution in [1.29, 1.82) is 0 Å². The third kappa shape index (κ3) is 3.02. The van der Waals surface area contributed by atoms with Gasteiger partial charge in [-0.25, -0.2) is 9.67 Å². The van der Waals surface area contributed by atoms with Gasteiger partial charge in [-0.15, -0.1) is 0 Å². The molecule has 96 valence electrons. The van der Waals surface area contributed by atoms with Crippen LogP contribution in [0.4, 0.5) is 0 Å². The molecule has 0 atom stereocenters. The molecule has 0 aliphatic carbocycles. The van der Waals surface area contributed by atoms with Crippen molar-refractivity contribution in [2.45, 2.75) is 19.9 Å². The fourth-order valence-electron chi connectivity index (χ4n) is 1.60. The molecule has 0 bridgehead atoms. The maximum absolute atomic E-state index is 6.00. The molecule has 1 aromatic carbocycles. The molecule has 2 aromatic rings. The summed E-state index contributed by atoms with van der Waals surface area (Å²) in [6.45, 7) is 3.75. The molecule has 2 rings (SSSR count). The Labute approximate surface area is 116 Å². The van der Waals surface area contributed by atoms with Crippen molar-refractivity contribution in [3.63, 3.8) is 0 Å². The van der Waals surface area contributed by atoms with E-state index in [2.05, 4.69) is 22.3 Å². The molecule has 1 aromatic heterocycles. The zero-order chi connectivity index (χ0) is 13.0. The minimum Gasteiger partial charge on any atom is -0.310 e. The molecule has 18 heavy (non-hydrogen) atoms. The second kappa shape index (κ2) is 6.18. The van der Waals surface area contributed by atoms with Crippen molar-refractivity contribution in [3.05, 3.63) is 40.4 Å². The highest BCUT2D eigenvalue weighted by molar-refractivity contribution is 6.42. The van der Waals surface area contributed by atoms with Gasteiger partial charge in [0.05, 0.1) is 22.3 Å². The Morgan fingerprint density at radius 2 is 2.11 bits per heavy atom. The van der Waals surface area contributed by atoms with Crippen molar-refractivity contribution in [2.24, 2.45) is 0 Å². The second-order valence-corrected chi connectivity index (χ2v) is 4.68. The molecule has 0 spiro atoms. The van der Waals surface area contributed by atoms with E-state index < -0.39 is 0 Å². The lowest BCUT2D eigenvalue weighted by Gasteiger charge is -2.07. The number of halogens is 2. The van der Waals surface area contributed by atoms with E-state index in [1.807, 2.05) is 6.07 Å². The normalized spacial score (nSPS) is 10.8. The maximum Gasteiger partial charge on any atom is 0.146 e. The highest BCUT2D eigenvalue weighted by Gasteiger charge is 2.07. The van der Waals surface area contributed by atoms with E-state index in [1.54, 1.807) is 16.8 Å². The van der Waals surface area contributed by atoms with E-state index >= 15 is 0 Å². The van der Waals surface area contributed by atoms with E-state index in [0.717, 1.165) is 24.5 Å². The number of benzene rings is 1. The quantitative estimate of drug-likeness (QED) is 0.858. The highest BCUT2D eigenvalue weighted by Crippen LogP contribution is 2.24. The van der Waals surface area contributed by atoms with Crippen LogP contribution in [0.3, 0.4) is 0 Å². The number of rotatable bonds is 5. The molecular formula is C12H14Cl2N4. The van der Waals surface area contributed by atoms with Gasteiger partial charge in [0.1, 0.15) is 12.2 Å².